The molecule has 1 heterocycles. The van der Waals surface area contributed by atoms with E-state index in [1.54, 1.807) is 18.0 Å². The van der Waals surface area contributed by atoms with Crippen molar-refractivity contribution in [2.75, 3.05) is 6.26 Å². The third-order valence-electron chi connectivity index (χ3n) is 3.45. The molecule has 0 amide bonds. The molecule has 1 N–H and O–H groups in total. The quantitative estimate of drug-likeness (QED) is 0.736. The minimum atomic E-state index is -0.633. The highest BCUT2D eigenvalue weighted by molar-refractivity contribution is 7.98. The second kappa shape index (κ2) is 5.65. The zero-order valence-electron chi connectivity index (χ0n) is 11.2. The number of pyridine rings is 1. The second-order valence-corrected chi connectivity index (χ2v) is 5.44. The molecule has 0 aliphatic carbocycles. The van der Waals surface area contributed by atoms with E-state index in [9.17, 15) is 5.11 Å². The number of fused-ring (bicyclic) bond motifs is 1. The van der Waals surface area contributed by atoms with E-state index in [2.05, 4.69) is 4.98 Å². The lowest BCUT2D eigenvalue weighted by atomic mass is 9.97. The molecule has 3 rings (SSSR count). The van der Waals surface area contributed by atoms with Gasteiger partial charge in [-0.25, -0.2) is 0 Å². The first-order chi connectivity index (χ1) is 9.81. The maximum Gasteiger partial charge on any atom is 0.106 e. The van der Waals surface area contributed by atoms with Gasteiger partial charge in [0, 0.05) is 22.7 Å². The molecule has 0 spiro atoms. The molecule has 0 bridgehead atoms. The molecule has 0 radical (unpaired) electrons. The summed E-state index contributed by atoms with van der Waals surface area (Å²) in [5.74, 6) is 0. The van der Waals surface area contributed by atoms with Gasteiger partial charge in [0.2, 0.25) is 0 Å². The molecule has 3 heteroatoms. The molecule has 0 saturated carbocycles. The summed E-state index contributed by atoms with van der Waals surface area (Å²) in [4.78, 5) is 5.27. The summed E-state index contributed by atoms with van der Waals surface area (Å²) in [7, 11) is 0. The van der Waals surface area contributed by atoms with Crippen LogP contribution in [0.4, 0.5) is 0 Å². The molecule has 0 saturated heterocycles. The molecule has 1 unspecified atom stereocenters. The number of nitrogens with zero attached hydrogens (tertiary/aromatic N) is 1. The van der Waals surface area contributed by atoms with Crippen molar-refractivity contribution in [2.24, 2.45) is 0 Å². The highest BCUT2D eigenvalue weighted by Crippen LogP contribution is 2.33. The van der Waals surface area contributed by atoms with Crippen LogP contribution >= 0.6 is 11.8 Å². The summed E-state index contributed by atoms with van der Waals surface area (Å²) in [6.07, 6.45) is 4.98. The zero-order chi connectivity index (χ0) is 13.9. The third kappa shape index (κ3) is 2.30. The Labute approximate surface area is 122 Å². The summed E-state index contributed by atoms with van der Waals surface area (Å²) in [5, 5.41) is 12.9. The van der Waals surface area contributed by atoms with E-state index in [4.69, 9.17) is 0 Å². The van der Waals surface area contributed by atoms with Gasteiger partial charge in [-0.05, 0) is 34.9 Å². The Morgan fingerprint density at radius 2 is 1.80 bits per heavy atom. The van der Waals surface area contributed by atoms with Crippen LogP contribution in [-0.2, 0) is 0 Å². The molecule has 3 aromatic rings. The van der Waals surface area contributed by atoms with Gasteiger partial charge in [0.25, 0.3) is 0 Å². The molecule has 1 aromatic heterocycles. The van der Waals surface area contributed by atoms with Crippen LogP contribution in [0.2, 0.25) is 0 Å². The number of aliphatic hydroxyl groups is 1. The van der Waals surface area contributed by atoms with Gasteiger partial charge in [-0.15, -0.1) is 11.8 Å². The van der Waals surface area contributed by atoms with Gasteiger partial charge in [0.05, 0.1) is 0 Å². The molecule has 1 atom stereocenters. The number of benzene rings is 2. The Kier molecular flexibility index (Phi) is 3.72. The summed E-state index contributed by atoms with van der Waals surface area (Å²) >= 11 is 1.65. The molecule has 0 fully saturated rings. The van der Waals surface area contributed by atoms with Gasteiger partial charge in [-0.1, -0.05) is 36.4 Å². The molecule has 0 aliphatic rings. The van der Waals surface area contributed by atoms with Crippen molar-refractivity contribution >= 4 is 22.5 Å². The van der Waals surface area contributed by atoms with Crippen molar-refractivity contribution in [1.29, 1.82) is 0 Å². The topological polar surface area (TPSA) is 33.1 Å². The Bertz CT molecular complexity index is 736. The van der Waals surface area contributed by atoms with E-state index < -0.39 is 6.10 Å². The number of thioether (sulfide) groups is 1. The highest BCUT2D eigenvalue weighted by Gasteiger charge is 2.16. The maximum atomic E-state index is 10.8. The van der Waals surface area contributed by atoms with E-state index in [-0.39, 0.29) is 0 Å². The maximum absolute atomic E-state index is 10.8. The Morgan fingerprint density at radius 1 is 1.00 bits per heavy atom. The van der Waals surface area contributed by atoms with E-state index in [0.29, 0.717) is 0 Å². The van der Waals surface area contributed by atoms with Crippen LogP contribution in [0.1, 0.15) is 17.2 Å². The van der Waals surface area contributed by atoms with Crippen LogP contribution in [0, 0.1) is 0 Å². The van der Waals surface area contributed by atoms with E-state index in [1.165, 1.54) is 0 Å². The van der Waals surface area contributed by atoms with Crippen LogP contribution in [0.25, 0.3) is 10.8 Å². The molecule has 20 heavy (non-hydrogen) atoms. The summed E-state index contributed by atoms with van der Waals surface area (Å²) in [6, 6.07) is 15.9. The average Bonchev–Trinajstić information content (AvgIpc) is 2.53. The first-order valence-corrected chi connectivity index (χ1v) is 7.67. The second-order valence-electron chi connectivity index (χ2n) is 4.59. The smallest absolute Gasteiger partial charge is 0.106 e. The van der Waals surface area contributed by atoms with Gasteiger partial charge in [0.1, 0.15) is 6.10 Å². The van der Waals surface area contributed by atoms with Crippen LogP contribution < -0.4 is 0 Å². The molecular weight excluding hydrogens is 266 g/mol. The molecule has 100 valence electrons. The van der Waals surface area contributed by atoms with E-state index >= 15 is 0 Å². The van der Waals surface area contributed by atoms with Crippen LogP contribution in [0.3, 0.4) is 0 Å². The van der Waals surface area contributed by atoms with Crippen molar-refractivity contribution in [1.82, 2.24) is 4.98 Å². The summed E-state index contributed by atoms with van der Waals surface area (Å²) in [5.41, 5.74) is 1.84. The highest BCUT2D eigenvalue weighted by atomic mass is 32.2. The van der Waals surface area contributed by atoms with Crippen molar-refractivity contribution in [2.45, 2.75) is 11.0 Å². The minimum Gasteiger partial charge on any atom is -0.384 e. The van der Waals surface area contributed by atoms with E-state index in [0.717, 1.165) is 26.8 Å². The first kappa shape index (κ1) is 13.2. The Hall–Kier alpha value is -1.84. The largest absolute Gasteiger partial charge is 0.384 e. The fourth-order valence-corrected chi connectivity index (χ4v) is 3.07. The zero-order valence-corrected chi connectivity index (χ0v) is 12.0. The standard InChI is InChI=1S/C17H15NOS/c1-20-16-8-3-2-6-14(16)17(19)13-7-4-5-12-9-10-18-11-15(12)13/h2-11,17,19H,1H3. The van der Waals surface area contributed by atoms with Crippen molar-refractivity contribution in [3.63, 3.8) is 0 Å². The van der Waals surface area contributed by atoms with Crippen LogP contribution in [0.5, 0.6) is 0 Å². The van der Waals surface area contributed by atoms with Crippen LogP contribution in [0.15, 0.2) is 65.8 Å². The van der Waals surface area contributed by atoms with Gasteiger partial charge >= 0.3 is 0 Å². The predicted octanol–water partition coefficient (Wildman–Crippen LogP) is 4.04. The minimum absolute atomic E-state index is 0.633. The van der Waals surface area contributed by atoms with Crippen LogP contribution in [-0.4, -0.2) is 16.3 Å². The van der Waals surface area contributed by atoms with Gasteiger partial charge in [0.15, 0.2) is 0 Å². The number of hydrogen-bond acceptors (Lipinski definition) is 3. The fraction of sp³-hybridized carbons (Fsp3) is 0.118. The Morgan fingerprint density at radius 3 is 2.65 bits per heavy atom. The SMILES string of the molecule is CSc1ccccc1C(O)c1cccc2ccncc12. The molecule has 0 aliphatic heterocycles. The van der Waals surface area contributed by atoms with E-state index in [1.807, 2.05) is 61.0 Å². The summed E-state index contributed by atoms with van der Waals surface area (Å²) < 4.78 is 0. The number of aromatic nitrogens is 1. The average molecular weight is 281 g/mol. The van der Waals surface area contributed by atoms with Crippen molar-refractivity contribution in [3.05, 3.63) is 72.1 Å². The normalized spacial score (nSPS) is 12.5. The lowest BCUT2D eigenvalue weighted by Crippen LogP contribution is -2.02. The van der Waals surface area contributed by atoms with Gasteiger partial charge in [-0.3, -0.25) is 4.98 Å². The monoisotopic (exact) mass is 281 g/mol. The molecular formula is C17H15NOS. The lowest BCUT2D eigenvalue weighted by Gasteiger charge is -2.16. The lowest BCUT2D eigenvalue weighted by molar-refractivity contribution is 0.219. The molecule has 2 aromatic carbocycles. The predicted molar refractivity (Wildman–Crippen MR) is 84.0 cm³/mol. The number of rotatable bonds is 3. The summed E-state index contributed by atoms with van der Waals surface area (Å²) in [6.45, 7) is 0. The Balaban J connectivity index is 2.15. The number of aliphatic hydroxyl groups excluding tert-OH is 1. The third-order valence-corrected chi connectivity index (χ3v) is 4.26. The number of hydrogen-bond donors (Lipinski definition) is 1. The van der Waals surface area contributed by atoms with Crippen molar-refractivity contribution < 1.29 is 5.11 Å². The van der Waals surface area contributed by atoms with Gasteiger partial charge < -0.3 is 5.11 Å². The molecule has 2 nitrogen and oxygen atoms in total. The van der Waals surface area contributed by atoms with Crippen molar-refractivity contribution in [3.8, 4) is 0 Å². The van der Waals surface area contributed by atoms with Gasteiger partial charge in [-0.2, -0.15) is 0 Å². The first-order valence-electron chi connectivity index (χ1n) is 6.45. The fourth-order valence-electron chi connectivity index (χ4n) is 2.44.